The molecule has 1 heterocycles. The van der Waals surface area contributed by atoms with E-state index < -0.39 is 0 Å². The van der Waals surface area contributed by atoms with E-state index in [0.717, 1.165) is 22.8 Å². The lowest BCUT2D eigenvalue weighted by molar-refractivity contribution is 0.415. The number of nitriles is 1. The van der Waals surface area contributed by atoms with E-state index in [9.17, 15) is 5.26 Å². The van der Waals surface area contributed by atoms with Gasteiger partial charge in [0, 0.05) is 25.2 Å². The van der Waals surface area contributed by atoms with Gasteiger partial charge < -0.3 is 14.1 Å². The number of aryl methyl sites for hydroxylation is 1. The Morgan fingerprint density at radius 2 is 2.16 bits per heavy atom. The maximum atomic E-state index is 9.18. The third kappa shape index (κ3) is 2.71. The summed E-state index contributed by atoms with van der Waals surface area (Å²) < 4.78 is 10.5. The molecular formula is C15H16N2O2. The van der Waals surface area contributed by atoms with E-state index in [1.54, 1.807) is 25.5 Å². The number of ether oxygens (including phenoxy) is 1. The number of hydrogen-bond donors (Lipinski definition) is 0. The highest BCUT2D eigenvalue weighted by atomic mass is 16.5. The molecule has 2 rings (SSSR count). The molecule has 0 fully saturated rings. The van der Waals surface area contributed by atoms with Crippen LogP contribution in [-0.2, 0) is 6.54 Å². The van der Waals surface area contributed by atoms with Crippen LogP contribution in [0.3, 0.4) is 0 Å². The van der Waals surface area contributed by atoms with E-state index >= 15 is 0 Å². The second kappa shape index (κ2) is 5.49. The van der Waals surface area contributed by atoms with Crippen LogP contribution in [0.5, 0.6) is 5.75 Å². The first-order valence-electron chi connectivity index (χ1n) is 5.98. The topological polar surface area (TPSA) is 49.4 Å². The van der Waals surface area contributed by atoms with Crippen LogP contribution in [0.4, 0.5) is 5.69 Å². The minimum absolute atomic E-state index is 0.629. The molecule has 0 aliphatic heterocycles. The van der Waals surface area contributed by atoms with Gasteiger partial charge in [0.2, 0.25) is 0 Å². The fraction of sp³-hybridized carbons (Fsp3) is 0.267. The maximum Gasteiger partial charge on any atom is 0.121 e. The largest absolute Gasteiger partial charge is 0.497 e. The highest BCUT2D eigenvalue weighted by Gasteiger charge is 2.11. The van der Waals surface area contributed by atoms with Gasteiger partial charge in [-0.3, -0.25) is 0 Å². The molecule has 0 amide bonds. The number of methoxy groups -OCH3 is 1. The first-order valence-corrected chi connectivity index (χ1v) is 5.98. The normalized spacial score (nSPS) is 10.0. The molecule has 0 aliphatic rings. The number of anilines is 1. The van der Waals surface area contributed by atoms with Gasteiger partial charge in [0.1, 0.15) is 17.6 Å². The Bertz CT molecular complexity index is 611. The van der Waals surface area contributed by atoms with Crippen molar-refractivity contribution in [3.05, 3.63) is 47.4 Å². The van der Waals surface area contributed by atoms with Crippen molar-refractivity contribution in [2.75, 3.05) is 19.1 Å². The van der Waals surface area contributed by atoms with Gasteiger partial charge in [0.25, 0.3) is 0 Å². The molecule has 0 aliphatic carbocycles. The number of hydrogen-bond acceptors (Lipinski definition) is 4. The van der Waals surface area contributed by atoms with Gasteiger partial charge in [-0.25, -0.2) is 0 Å². The second-order valence-corrected chi connectivity index (χ2v) is 4.35. The smallest absolute Gasteiger partial charge is 0.121 e. The van der Waals surface area contributed by atoms with Crippen LogP contribution < -0.4 is 9.64 Å². The molecule has 0 atom stereocenters. The van der Waals surface area contributed by atoms with Crippen LogP contribution in [0.1, 0.15) is 16.9 Å². The zero-order valence-corrected chi connectivity index (χ0v) is 11.3. The Morgan fingerprint density at radius 3 is 2.74 bits per heavy atom. The van der Waals surface area contributed by atoms with Crippen molar-refractivity contribution in [3.63, 3.8) is 0 Å². The Labute approximate surface area is 112 Å². The summed E-state index contributed by atoms with van der Waals surface area (Å²) in [7, 11) is 3.56. The molecule has 0 N–H and O–H groups in total. The molecule has 4 nitrogen and oxygen atoms in total. The van der Waals surface area contributed by atoms with Crippen molar-refractivity contribution in [3.8, 4) is 11.8 Å². The van der Waals surface area contributed by atoms with Crippen LogP contribution in [0.25, 0.3) is 0 Å². The fourth-order valence-corrected chi connectivity index (χ4v) is 1.96. The molecule has 4 heteroatoms. The minimum Gasteiger partial charge on any atom is -0.497 e. The van der Waals surface area contributed by atoms with E-state index in [1.807, 2.05) is 31.0 Å². The van der Waals surface area contributed by atoms with Crippen LogP contribution in [0.2, 0.25) is 0 Å². The summed E-state index contributed by atoms with van der Waals surface area (Å²) in [5.41, 5.74) is 2.58. The average Bonchev–Trinajstić information content (AvgIpc) is 2.83. The Hall–Kier alpha value is -2.41. The average molecular weight is 256 g/mol. The Morgan fingerprint density at radius 1 is 1.37 bits per heavy atom. The van der Waals surface area contributed by atoms with E-state index in [0.29, 0.717) is 12.1 Å². The highest BCUT2D eigenvalue weighted by molar-refractivity contribution is 5.62. The van der Waals surface area contributed by atoms with Crippen LogP contribution >= 0.6 is 0 Å². The first kappa shape index (κ1) is 13.0. The van der Waals surface area contributed by atoms with Crippen molar-refractivity contribution in [1.82, 2.24) is 0 Å². The van der Waals surface area contributed by atoms with Gasteiger partial charge in [0.05, 0.1) is 24.6 Å². The van der Waals surface area contributed by atoms with Gasteiger partial charge in [-0.05, 0) is 25.1 Å². The van der Waals surface area contributed by atoms with Crippen LogP contribution in [-0.4, -0.2) is 14.2 Å². The van der Waals surface area contributed by atoms with Crippen molar-refractivity contribution < 1.29 is 9.15 Å². The van der Waals surface area contributed by atoms with Crippen molar-refractivity contribution in [2.45, 2.75) is 13.5 Å². The second-order valence-electron chi connectivity index (χ2n) is 4.35. The minimum atomic E-state index is 0.629. The zero-order valence-electron chi connectivity index (χ0n) is 11.3. The van der Waals surface area contributed by atoms with Gasteiger partial charge in [0.15, 0.2) is 0 Å². The van der Waals surface area contributed by atoms with Crippen molar-refractivity contribution in [1.29, 1.82) is 5.26 Å². The predicted molar refractivity (Wildman–Crippen MR) is 73.3 cm³/mol. The summed E-state index contributed by atoms with van der Waals surface area (Å²) in [5.74, 6) is 1.64. The molecule has 98 valence electrons. The summed E-state index contributed by atoms with van der Waals surface area (Å²) in [4.78, 5) is 2.01. The summed E-state index contributed by atoms with van der Waals surface area (Å²) in [6.45, 7) is 2.62. The number of rotatable bonds is 4. The zero-order chi connectivity index (χ0) is 13.8. The summed E-state index contributed by atoms with van der Waals surface area (Å²) in [5, 5.41) is 9.18. The summed E-state index contributed by atoms with van der Waals surface area (Å²) in [6, 6.07) is 9.57. The van der Waals surface area contributed by atoms with E-state index in [1.165, 1.54) is 0 Å². The van der Waals surface area contributed by atoms with Crippen molar-refractivity contribution in [2.24, 2.45) is 0 Å². The molecule has 0 radical (unpaired) electrons. The monoisotopic (exact) mass is 256 g/mol. The van der Waals surface area contributed by atoms with Crippen LogP contribution in [0, 0.1) is 18.3 Å². The molecule has 0 saturated carbocycles. The summed E-state index contributed by atoms with van der Waals surface area (Å²) in [6.07, 6.45) is 1.68. The fourth-order valence-electron chi connectivity index (χ4n) is 1.96. The lowest BCUT2D eigenvalue weighted by Crippen LogP contribution is -2.17. The van der Waals surface area contributed by atoms with Gasteiger partial charge in [-0.1, -0.05) is 0 Å². The molecule has 2 aromatic rings. The SMILES string of the molecule is COc1ccc(C#N)c(N(C)Cc2ccoc2C)c1. The number of furan rings is 1. The third-order valence-electron chi connectivity index (χ3n) is 3.11. The number of nitrogens with zero attached hydrogens (tertiary/aromatic N) is 2. The first-order chi connectivity index (χ1) is 9.15. The quantitative estimate of drug-likeness (QED) is 0.843. The van der Waals surface area contributed by atoms with Crippen LogP contribution in [0.15, 0.2) is 34.9 Å². The molecular weight excluding hydrogens is 240 g/mol. The lowest BCUT2D eigenvalue weighted by atomic mass is 10.1. The van der Waals surface area contributed by atoms with E-state index in [-0.39, 0.29) is 0 Å². The molecule has 0 spiro atoms. The van der Waals surface area contributed by atoms with Gasteiger partial charge in [-0.15, -0.1) is 0 Å². The maximum absolute atomic E-state index is 9.18. The highest BCUT2D eigenvalue weighted by Crippen LogP contribution is 2.26. The summed E-state index contributed by atoms with van der Waals surface area (Å²) >= 11 is 0. The Balaban J connectivity index is 2.30. The third-order valence-corrected chi connectivity index (χ3v) is 3.11. The van der Waals surface area contributed by atoms with E-state index in [2.05, 4.69) is 6.07 Å². The molecule has 1 aromatic heterocycles. The molecule has 1 aromatic carbocycles. The Kier molecular flexibility index (Phi) is 3.76. The van der Waals surface area contributed by atoms with Crippen molar-refractivity contribution >= 4 is 5.69 Å². The van der Waals surface area contributed by atoms with E-state index in [4.69, 9.17) is 9.15 Å². The molecule has 0 unspecified atom stereocenters. The number of benzene rings is 1. The molecule has 0 saturated heterocycles. The van der Waals surface area contributed by atoms with Gasteiger partial charge >= 0.3 is 0 Å². The standard InChI is InChI=1S/C15H16N2O2/c1-11-13(6-7-19-11)10-17(2)15-8-14(18-3)5-4-12(15)9-16/h4-8H,10H2,1-3H3. The van der Waals surface area contributed by atoms with Gasteiger partial charge in [-0.2, -0.15) is 5.26 Å². The molecule has 0 bridgehead atoms. The predicted octanol–water partition coefficient (Wildman–Crippen LogP) is 3.10. The molecule has 19 heavy (non-hydrogen) atoms. The lowest BCUT2D eigenvalue weighted by Gasteiger charge is -2.20.